The number of aromatic nitrogens is 1. The first-order valence-corrected chi connectivity index (χ1v) is 7.01. The van der Waals surface area contributed by atoms with Gasteiger partial charge >= 0.3 is 6.03 Å². The zero-order valence-corrected chi connectivity index (χ0v) is 12.7. The van der Waals surface area contributed by atoms with E-state index in [2.05, 4.69) is 15.6 Å². The van der Waals surface area contributed by atoms with Gasteiger partial charge in [0.2, 0.25) is 0 Å². The Bertz CT molecular complexity index is 446. The molecule has 0 fully saturated rings. The summed E-state index contributed by atoms with van der Waals surface area (Å²) in [6.07, 6.45) is 0.865. The number of carbonyl (C=O) groups excluding carboxylic acids is 1. The molecule has 3 N–H and O–H groups in total. The van der Waals surface area contributed by atoms with Crippen LogP contribution in [0.5, 0.6) is 0 Å². The number of amides is 2. The van der Waals surface area contributed by atoms with Gasteiger partial charge in [0.05, 0.1) is 17.8 Å². The molecule has 0 spiro atoms. The average molecular weight is 279 g/mol. The van der Waals surface area contributed by atoms with Crippen LogP contribution in [0.1, 0.15) is 38.6 Å². The van der Waals surface area contributed by atoms with Crippen molar-refractivity contribution in [3.63, 3.8) is 0 Å². The van der Waals surface area contributed by atoms with Crippen LogP contribution in [-0.4, -0.2) is 28.3 Å². The number of aliphatic hydroxyl groups is 1. The van der Waals surface area contributed by atoms with Crippen LogP contribution in [-0.2, 0) is 6.54 Å². The smallest absolute Gasteiger partial charge is 0.315 e. The van der Waals surface area contributed by atoms with E-state index < -0.39 is 5.60 Å². The minimum absolute atomic E-state index is 0.126. The Balaban J connectivity index is 2.37. The molecule has 0 radical (unpaired) electrons. The maximum atomic E-state index is 11.7. The SMILES string of the molecule is CCC(C)C(C)(O)CNC(=O)NCc1cccc(C)n1. The molecule has 20 heavy (non-hydrogen) atoms. The van der Waals surface area contributed by atoms with Crippen molar-refractivity contribution in [2.75, 3.05) is 6.54 Å². The van der Waals surface area contributed by atoms with Gasteiger partial charge in [-0.2, -0.15) is 0 Å². The molecule has 1 aromatic heterocycles. The number of rotatable bonds is 6. The summed E-state index contributed by atoms with van der Waals surface area (Å²) < 4.78 is 0. The highest BCUT2D eigenvalue weighted by Crippen LogP contribution is 2.18. The summed E-state index contributed by atoms with van der Waals surface area (Å²) in [5.74, 6) is 0.126. The summed E-state index contributed by atoms with van der Waals surface area (Å²) in [6.45, 7) is 8.24. The lowest BCUT2D eigenvalue weighted by Crippen LogP contribution is -2.47. The van der Waals surface area contributed by atoms with E-state index in [1.165, 1.54) is 0 Å². The van der Waals surface area contributed by atoms with E-state index in [0.29, 0.717) is 6.54 Å². The van der Waals surface area contributed by atoms with Crippen molar-refractivity contribution >= 4 is 6.03 Å². The zero-order chi connectivity index (χ0) is 15.2. The Hall–Kier alpha value is -1.62. The number of hydrogen-bond donors (Lipinski definition) is 3. The molecule has 0 aromatic carbocycles. The molecule has 0 aliphatic carbocycles. The van der Waals surface area contributed by atoms with Crippen LogP contribution < -0.4 is 10.6 Å². The van der Waals surface area contributed by atoms with Crippen molar-refractivity contribution in [1.29, 1.82) is 0 Å². The third-order valence-electron chi connectivity index (χ3n) is 3.66. The quantitative estimate of drug-likeness (QED) is 0.745. The number of carbonyl (C=O) groups is 1. The first kappa shape index (κ1) is 16.4. The third kappa shape index (κ3) is 5.17. The summed E-state index contributed by atoms with van der Waals surface area (Å²) in [5.41, 5.74) is 0.839. The molecule has 2 amide bonds. The Labute approximate surface area is 120 Å². The number of pyridine rings is 1. The molecule has 5 heteroatoms. The molecule has 2 unspecified atom stereocenters. The normalized spacial score (nSPS) is 15.2. The van der Waals surface area contributed by atoms with Crippen molar-refractivity contribution < 1.29 is 9.90 Å². The Kier molecular flexibility index (Phi) is 5.95. The second kappa shape index (κ2) is 7.24. The molecule has 0 aliphatic heterocycles. The van der Waals surface area contributed by atoms with E-state index in [0.717, 1.165) is 17.8 Å². The number of aryl methyl sites for hydroxylation is 1. The lowest BCUT2D eigenvalue weighted by Gasteiger charge is -2.29. The van der Waals surface area contributed by atoms with Gasteiger partial charge in [0.15, 0.2) is 0 Å². The van der Waals surface area contributed by atoms with Gasteiger partial charge in [-0.25, -0.2) is 4.79 Å². The maximum Gasteiger partial charge on any atom is 0.315 e. The van der Waals surface area contributed by atoms with Gasteiger partial charge in [0.25, 0.3) is 0 Å². The van der Waals surface area contributed by atoms with Crippen LogP contribution in [0.2, 0.25) is 0 Å². The molecule has 0 bridgehead atoms. The van der Waals surface area contributed by atoms with Crippen LogP contribution in [0.4, 0.5) is 4.79 Å². The molecule has 1 rings (SSSR count). The van der Waals surface area contributed by atoms with Gasteiger partial charge in [0.1, 0.15) is 0 Å². The minimum Gasteiger partial charge on any atom is -0.388 e. The first-order chi connectivity index (χ1) is 9.35. The highest BCUT2D eigenvalue weighted by atomic mass is 16.3. The second-order valence-electron chi connectivity index (χ2n) is 5.47. The van der Waals surface area contributed by atoms with Gasteiger partial charge in [-0.15, -0.1) is 0 Å². The van der Waals surface area contributed by atoms with Crippen LogP contribution in [0.15, 0.2) is 18.2 Å². The molecule has 0 saturated carbocycles. The zero-order valence-electron chi connectivity index (χ0n) is 12.7. The Morgan fingerprint density at radius 2 is 2.15 bits per heavy atom. The second-order valence-corrected chi connectivity index (χ2v) is 5.47. The fraction of sp³-hybridized carbons (Fsp3) is 0.600. The van der Waals surface area contributed by atoms with E-state index in [1.54, 1.807) is 6.92 Å². The summed E-state index contributed by atoms with van der Waals surface area (Å²) in [4.78, 5) is 16.0. The third-order valence-corrected chi connectivity index (χ3v) is 3.66. The lowest BCUT2D eigenvalue weighted by atomic mass is 9.89. The lowest BCUT2D eigenvalue weighted by molar-refractivity contribution is 0.00790. The molecule has 0 saturated heterocycles. The van der Waals surface area contributed by atoms with Crippen LogP contribution in [0.25, 0.3) is 0 Å². The van der Waals surface area contributed by atoms with E-state index in [1.807, 2.05) is 39.0 Å². The fourth-order valence-corrected chi connectivity index (χ4v) is 1.80. The predicted molar refractivity (Wildman–Crippen MR) is 79.3 cm³/mol. The molecule has 112 valence electrons. The summed E-state index contributed by atoms with van der Waals surface area (Å²) in [5, 5.41) is 15.6. The highest BCUT2D eigenvalue weighted by Gasteiger charge is 2.27. The Morgan fingerprint density at radius 1 is 1.45 bits per heavy atom. The van der Waals surface area contributed by atoms with Crippen LogP contribution in [0.3, 0.4) is 0 Å². The van der Waals surface area contributed by atoms with Gasteiger partial charge in [0, 0.05) is 12.2 Å². The van der Waals surface area contributed by atoms with Gasteiger partial charge < -0.3 is 15.7 Å². The van der Waals surface area contributed by atoms with E-state index >= 15 is 0 Å². The fourth-order valence-electron chi connectivity index (χ4n) is 1.80. The molecule has 2 atom stereocenters. The molecular formula is C15H25N3O2. The minimum atomic E-state index is -0.895. The number of nitrogens with zero attached hydrogens (tertiary/aromatic N) is 1. The number of nitrogens with one attached hydrogen (secondary N) is 2. The van der Waals surface area contributed by atoms with Crippen LogP contribution in [0, 0.1) is 12.8 Å². The molecule has 1 aromatic rings. The summed E-state index contributed by atoms with van der Waals surface area (Å²) in [6, 6.07) is 5.39. The standard InChI is InChI=1S/C15H25N3O2/c1-5-11(2)15(4,20)10-17-14(19)16-9-13-8-6-7-12(3)18-13/h6-8,11,20H,5,9-10H2,1-4H3,(H2,16,17,19). The van der Waals surface area contributed by atoms with Crippen molar-refractivity contribution in [2.45, 2.75) is 46.3 Å². The van der Waals surface area contributed by atoms with Gasteiger partial charge in [-0.05, 0) is 31.9 Å². The van der Waals surface area contributed by atoms with Crippen LogP contribution >= 0.6 is 0 Å². The summed E-state index contributed by atoms with van der Waals surface area (Å²) in [7, 11) is 0. The first-order valence-electron chi connectivity index (χ1n) is 7.01. The number of urea groups is 1. The maximum absolute atomic E-state index is 11.7. The topological polar surface area (TPSA) is 74.2 Å². The largest absolute Gasteiger partial charge is 0.388 e. The molecule has 5 nitrogen and oxygen atoms in total. The number of hydrogen-bond acceptors (Lipinski definition) is 3. The van der Waals surface area contributed by atoms with Crippen molar-refractivity contribution in [3.8, 4) is 0 Å². The van der Waals surface area contributed by atoms with Crippen molar-refractivity contribution in [3.05, 3.63) is 29.6 Å². The van der Waals surface area contributed by atoms with E-state index in [-0.39, 0.29) is 18.5 Å². The van der Waals surface area contributed by atoms with Crippen molar-refractivity contribution in [2.24, 2.45) is 5.92 Å². The van der Waals surface area contributed by atoms with E-state index in [9.17, 15) is 9.90 Å². The summed E-state index contributed by atoms with van der Waals surface area (Å²) >= 11 is 0. The van der Waals surface area contributed by atoms with Crippen molar-refractivity contribution in [1.82, 2.24) is 15.6 Å². The monoisotopic (exact) mass is 279 g/mol. The molecule has 0 aliphatic rings. The van der Waals surface area contributed by atoms with Gasteiger partial charge in [-0.3, -0.25) is 4.98 Å². The van der Waals surface area contributed by atoms with E-state index in [4.69, 9.17) is 0 Å². The average Bonchev–Trinajstić information content (AvgIpc) is 2.42. The highest BCUT2D eigenvalue weighted by molar-refractivity contribution is 5.73. The van der Waals surface area contributed by atoms with Gasteiger partial charge in [-0.1, -0.05) is 26.3 Å². The molecule has 1 heterocycles. The predicted octanol–water partition coefficient (Wildman–Crippen LogP) is 1.99. The Morgan fingerprint density at radius 3 is 2.75 bits per heavy atom. The molecular weight excluding hydrogens is 254 g/mol.